The summed E-state index contributed by atoms with van der Waals surface area (Å²) in [5, 5.41) is 0. The highest BCUT2D eigenvalue weighted by Crippen LogP contribution is 2.19. The number of amides is 1. The SMILES string of the molecule is Nc1ccc(N2C=CCC2=O)cn1. The summed E-state index contributed by atoms with van der Waals surface area (Å²) >= 11 is 0. The number of nitrogens with zero attached hydrogens (tertiary/aromatic N) is 2. The molecule has 2 heterocycles. The van der Waals surface area contributed by atoms with Crippen molar-refractivity contribution >= 4 is 17.4 Å². The normalized spacial score (nSPS) is 15.4. The molecular weight excluding hydrogens is 166 g/mol. The van der Waals surface area contributed by atoms with Gasteiger partial charge in [0.2, 0.25) is 5.91 Å². The molecule has 2 rings (SSSR count). The largest absolute Gasteiger partial charge is 0.384 e. The van der Waals surface area contributed by atoms with Crippen LogP contribution in [0.3, 0.4) is 0 Å². The Balaban J connectivity index is 2.30. The minimum atomic E-state index is 0.0616. The lowest BCUT2D eigenvalue weighted by Crippen LogP contribution is -2.19. The van der Waals surface area contributed by atoms with E-state index in [0.29, 0.717) is 12.2 Å². The molecule has 0 aromatic carbocycles. The van der Waals surface area contributed by atoms with Gasteiger partial charge in [-0.3, -0.25) is 9.69 Å². The molecule has 13 heavy (non-hydrogen) atoms. The van der Waals surface area contributed by atoms with Gasteiger partial charge in [-0.15, -0.1) is 0 Å². The number of hydrogen-bond donors (Lipinski definition) is 1. The molecule has 1 aromatic heterocycles. The average Bonchev–Trinajstić information content (AvgIpc) is 2.53. The van der Waals surface area contributed by atoms with Crippen LogP contribution >= 0.6 is 0 Å². The quantitative estimate of drug-likeness (QED) is 0.690. The minimum absolute atomic E-state index is 0.0616. The molecule has 0 saturated carbocycles. The Morgan fingerprint density at radius 2 is 2.31 bits per heavy atom. The first kappa shape index (κ1) is 7.79. The van der Waals surface area contributed by atoms with Crippen LogP contribution in [0.4, 0.5) is 11.5 Å². The lowest BCUT2D eigenvalue weighted by atomic mass is 10.3. The van der Waals surface area contributed by atoms with E-state index in [1.807, 2.05) is 6.08 Å². The van der Waals surface area contributed by atoms with Crippen molar-refractivity contribution in [3.05, 3.63) is 30.6 Å². The van der Waals surface area contributed by atoms with Crippen LogP contribution in [0.15, 0.2) is 30.6 Å². The van der Waals surface area contributed by atoms with Crippen molar-refractivity contribution < 1.29 is 4.79 Å². The van der Waals surface area contributed by atoms with Gasteiger partial charge in [-0.25, -0.2) is 4.98 Å². The molecule has 0 saturated heterocycles. The molecule has 0 fully saturated rings. The molecule has 1 amide bonds. The number of hydrogen-bond acceptors (Lipinski definition) is 3. The van der Waals surface area contributed by atoms with Gasteiger partial charge in [0.15, 0.2) is 0 Å². The molecule has 4 heteroatoms. The molecule has 0 atom stereocenters. The smallest absolute Gasteiger partial charge is 0.234 e. The molecular formula is C9H9N3O. The molecule has 0 bridgehead atoms. The second-order valence-corrected chi connectivity index (χ2v) is 2.79. The molecule has 66 valence electrons. The Bertz CT molecular complexity index is 356. The highest BCUT2D eigenvalue weighted by Gasteiger charge is 2.16. The van der Waals surface area contributed by atoms with Crippen LogP contribution in [-0.2, 0) is 4.79 Å². The third-order valence-electron chi connectivity index (χ3n) is 1.86. The van der Waals surface area contributed by atoms with Gasteiger partial charge in [0.25, 0.3) is 0 Å². The van der Waals surface area contributed by atoms with Crippen LogP contribution < -0.4 is 10.6 Å². The third-order valence-corrected chi connectivity index (χ3v) is 1.86. The van der Waals surface area contributed by atoms with Crippen LogP contribution in [-0.4, -0.2) is 10.9 Å². The first-order valence-corrected chi connectivity index (χ1v) is 3.97. The van der Waals surface area contributed by atoms with Crippen LogP contribution in [0, 0.1) is 0 Å². The summed E-state index contributed by atoms with van der Waals surface area (Å²) in [4.78, 5) is 16.7. The summed E-state index contributed by atoms with van der Waals surface area (Å²) < 4.78 is 0. The Morgan fingerprint density at radius 1 is 1.46 bits per heavy atom. The highest BCUT2D eigenvalue weighted by molar-refractivity contribution is 5.98. The van der Waals surface area contributed by atoms with Crippen LogP contribution in [0.1, 0.15) is 6.42 Å². The van der Waals surface area contributed by atoms with E-state index >= 15 is 0 Å². The Morgan fingerprint density at radius 3 is 2.85 bits per heavy atom. The van der Waals surface area contributed by atoms with Gasteiger partial charge in [-0.05, 0) is 12.1 Å². The molecule has 1 aliphatic rings. The van der Waals surface area contributed by atoms with Crippen molar-refractivity contribution in [3.63, 3.8) is 0 Å². The topological polar surface area (TPSA) is 59.2 Å². The first-order chi connectivity index (χ1) is 6.27. The lowest BCUT2D eigenvalue weighted by molar-refractivity contribution is -0.116. The minimum Gasteiger partial charge on any atom is -0.384 e. The van der Waals surface area contributed by atoms with Crippen molar-refractivity contribution in [1.82, 2.24) is 4.98 Å². The predicted octanol–water partition coefficient (Wildman–Crippen LogP) is 0.914. The van der Waals surface area contributed by atoms with E-state index in [4.69, 9.17) is 5.73 Å². The Labute approximate surface area is 75.7 Å². The fourth-order valence-electron chi connectivity index (χ4n) is 1.21. The first-order valence-electron chi connectivity index (χ1n) is 3.97. The third kappa shape index (κ3) is 1.38. The standard InChI is InChI=1S/C9H9N3O/c10-8-4-3-7(6-11-8)12-5-1-2-9(12)13/h1,3-6H,2H2,(H2,10,11). The van der Waals surface area contributed by atoms with Crippen molar-refractivity contribution in [3.8, 4) is 0 Å². The zero-order valence-corrected chi connectivity index (χ0v) is 6.97. The summed E-state index contributed by atoms with van der Waals surface area (Å²) in [7, 11) is 0. The molecule has 1 aliphatic heterocycles. The van der Waals surface area contributed by atoms with Crippen molar-refractivity contribution in [1.29, 1.82) is 0 Å². The highest BCUT2D eigenvalue weighted by atomic mass is 16.2. The molecule has 1 aromatic rings. The van der Waals surface area contributed by atoms with Crippen LogP contribution in [0.5, 0.6) is 0 Å². The zero-order chi connectivity index (χ0) is 9.26. The Kier molecular flexibility index (Phi) is 1.73. The number of aromatic nitrogens is 1. The second kappa shape index (κ2) is 2.90. The van der Waals surface area contributed by atoms with E-state index in [-0.39, 0.29) is 5.91 Å². The summed E-state index contributed by atoms with van der Waals surface area (Å²) in [6, 6.07) is 3.45. The van der Waals surface area contributed by atoms with Crippen LogP contribution in [0.25, 0.3) is 0 Å². The summed E-state index contributed by atoms with van der Waals surface area (Å²) in [5.74, 6) is 0.519. The summed E-state index contributed by atoms with van der Waals surface area (Å²) in [6.45, 7) is 0. The maximum Gasteiger partial charge on any atom is 0.234 e. The predicted molar refractivity (Wildman–Crippen MR) is 49.9 cm³/mol. The number of carbonyl (C=O) groups excluding carboxylic acids is 1. The molecule has 2 N–H and O–H groups in total. The summed E-state index contributed by atoms with van der Waals surface area (Å²) in [5.41, 5.74) is 6.18. The number of anilines is 2. The number of carbonyl (C=O) groups is 1. The van der Waals surface area contributed by atoms with Gasteiger partial charge in [-0.2, -0.15) is 0 Å². The Hall–Kier alpha value is -1.84. The second-order valence-electron chi connectivity index (χ2n) is 2.79. The van der Waals surface area contributed by atoms with E-state index in [1.165, 1.54) is 0 Å². The van der Waals surface area contributed by atoms with Gasteiger partial charge < -0.3 is 5.73 Å². The number of pyridine rings is 1. The lowest BCUT2D eigenvalue weighted by Gasteiger charge is -2.12. The maximum absolute atomic E-state index is 11.3. The van der Waals surface area contributed by atoms with E-state index < -0.39 is 0 Å². The zero-order valence-electron chi connectivity index (χ0n) is 6.97. The molecule has 4 nitrogen and oxygen atoms in total. The van der Waals surface area contributed by atoms with E-state index in [2.05, 4.69) is 4.98 Å². The number of rotatable bonds is 1. The van der Waals surface area contributed by atoms with Crippen molar-refractivity contribution in [2.45, 2.75) is 6.42 Å². The van der Waals surface area contributed by atoms with Gasteiger partial charge in [0.1, 0.15) is 5.82 Å². The number of nitrogens with two attached hydrogens (primary N) is 1. The van der Waals surface area contributed by atoms with Gasteiger partial charge in [0.05, 0.1) is 11.9 Å². The van der Waals surface area contributed by atoms with E-state index in [0.717, 1.165) is 5.69 Å². The maximum atomic E-state index is 11.3. The van der Waals surface area contributed by atoms with E-state index in [1.54, 1.807) is 29.4 Å². The molecule has 0 radical (unpaired) electrons. The average molecular weight is 175 g/mol. The molecule has 0 unspecified atom stereocenters. The van der Waals surface area contributed by atoms with Gasteiger partial charge >= 0.3 is 0 Å². The fourth-order valence-corrected chi connectivity index (χ4v) is 1.21. The number of nitrogen functional groups attached to an aromatic ring is 1. The van der Waals surface area contributed by atoms with Crippen molar-refractivity contribution in [2.24, 2.45) is 0 Å². The van der Waals surface area contributed by atoms with Gasteiger partial charge in [-0.1, -0.05) is 6.08 Å². The monoisotopic (exact) mass is 175 g/mol. The molecule has 0 aliphatic carbocycles. The molecule has 0 spiro atoms. The van der Waals surface area contributed by atoms with Crippen LogP contribution in [0.2, 0.25) is 0 Å². The van der Waals surface area contributed by atoms with Gasteiger partial charge in [0, 0.05) is 12.6 Å². The van der Waals surface area contributed by atoms with E-state index in [9.17, 15) is 4.79 Å². The van der Waals surface area contributed by atoms with Crippen molar-refractivity contribution in [2.75, 3.05) is 10.6 Å². The fraction of sp³-hybridized carbons (Fsp3) is 0.111. The summed E-state index contributed by atoms with van der Waals surface area (Å²) in [6.07, 6.45) is 5.61.